The number of hydrogen-bond donors (Lipinski definition) is 1. The lowest BCUT2D eigenvalue weighted by Gasteiger charge is -2.26. The number of methoxy groups -OCH3 is 2. The van der Waals surface area contributed by atoms with Gasteiger partial charge >= 0.3 is 0 Å². The van der Waals surface area contributed by atoms with Crippen LogP contribution in [-0.4, -0.2) is 64.3 Å². The third-order valence-corrected chi connectivity index (χ3v) is 8.42. The van der Waals surface area contributed by atoms with Gasteiger partial charge in [0.25, 0.3) is 0 Å². The van der Waals surface area contributed by atoms with Crippen LogP contribution in [0, 0.1) is 0 Å². The molecule has 0 bridgehead atoms. The molecule has 0 amide bonds. The molecule has 3 heterocycles. The maximum atomic E-state index is 13.8. The molecule has 218 valence electrons. The van der Waals surface area contributed by atoms with Crippen molar-refractivity contribution in [2.45, 2.75) is 76.6 Å². The number of nitrogens with one attached hydrogen (secondary N) is 1. The van der Waals surface area contributed by atoms with E-state index in [0.717, 1.165) is 6.42 Å². The Labute approximate surface area is 239 Å². The van der Waals surface area contributed by atoms with Crippen molar-refractivity contribution < 1.29 is 27.4 Å². The van der Waals surface area contributed by atoms with Gasteiger partial charge in [0.2, 0.25) is 16.0 Å². The first kappa shape index (κ1) is 30.0. The minimum absolute atomic E-state index is 0.0572. The highest BCUT2D eigenvalue weighted by Crippen LogP contribution is 2.43. The lowest BCUT2D eigenvalue weighted by molar-refractivity contribution is -0.0207. The van der Waals surface area contributed by atoms with E-state index in [1.54, 1.807) is 36.6 Å². The Balaban J connectivity index is 1.80. The molecule has 1 saturated heterocycles. The molecular weight excluding hydrogens is 560 g/mol. The number of ether oxygens (including phenoxy) is 4. The second-order valence-electron chi connectivity index (χ2n) is 10.4. The predicted octanol–water partition coefficient (Wildman–Crippen LogP) is 4.65. The molecule has 0 aliphatic carbocycles. The summed E-state index contributed by atoms with van der Waals surface area (Å²) in [6.07, 6.45) is 2.52. The van der Waals surface area contributed by atoms with Gasteiger partial charge in [-0.05, 0) is 59.6 Å². The Bertz CT molecular complexity index is 1410. The molecule has 4 rings (SSSR count). The van der Waals surface area contributed by atoms with Crippen LogP contribution in [0.3, 0.4) is 0 Å². The van der Waals surface area contributed by atoms with E-state index < -0.39 is 27.5 Å². The second kappa shape index (κ2) is 11.9. The minimum Gasteiger partial charge on any atom is -0.494 e. The van der Waals surface area contributed by atoms with Gasteiger partial charge in [0.15, 0.2) is 11.6 Å². The first-order valence-electron chi connectivity index (χ1n) is 12.9. The molecule has 40 heavy (non-hydrogen) atoms. The van der Waals surface area contributed by atoms with E-state index in [9.17, 15) is 8.42 Å². The summed E-state index contributed by atoms with van der Waals surface area (Å²) in [6, 6.07) is 5.25. The van der Waals surface area contributed by atoms with E-state index >= 15 is 0 Å². The van der Waals surface area contributed by atoms with Gasteiger partial charge in [0, 0.05) is 12.4 Å². The van der Waals surface area contributed by atoms with Crippen molar-refractivity contribution in [1.29, 1.82) is 0 Å². The fourth-order valence-corrected chi connectivity index (χ4v) is 5.72. The zero-order valence-electron chi connectivity index (χ0n) is 23.6. The number of nitrogens with zero attached hydrogens (tertiary/aromatic N) is 5. The Morgan fingerprint density at radius 2 is 1.73 bits per heavy atom. The van der Waals surface area contributed by atoms with Gasteiger partial charge in [0.05, 0.1) is 30.9 Å². The molecule has 1 N–H and O–H groups in total. The summed E-state index contributed by atoms with van der Waals surface area (Å²) in [7, 11) is -1.12. The Hall–Kier alpha value is -3.00. The average molecular weight is 595 g/mol. The number of anilines is 1. The summed E-state index contributed by atoms with van der Waals surface area (Å²) in [5.41, 5.74) is 0.0580. The van der Waals surface area contributed by atoms with Crippen LogP contribution in [0.4, 0.5) is 5.95 Å². The number of benzene rings is 1. The van der Waals surface area contributed by atoms with Crippen LogP contribution in [0.15, 0.2) is 30.6 Å². The lowest BCUT2D eigenvalue weighted by Crippen LogP contribution is -2.35. The van der Waals surface area contributed by atoms with Gasteiger partial charge in [0.1, 0.15) is 34.6 Å². The van der Waals surface area contributed by atoms with Crippen LogP contribution in [0.5, 0.6) is 11.5 Å². The van der Waals surface area contributed by atoms with Crippen LogP contribution >= 0.6 is 11.6 Å². The Kier molecular flexibility index (Phi) is 8.88. The molecule has 3 aromatic rings. The molecule has 0 unspecified atom stereocenters. The summed E-state index contributed by atoms with van der Waals surface area (Å²) < 4.78 is 55.4. The van der Waals surface area contributed by atoms with E-state index in [1.807, 2.05) is 13.8 Å². The molecular formula is C26H35ClN6O6S. The third kappa shape index (κ3) is 6.32. The van der Waals surface area contributed by atoms with E-state index in [1.165, 1.54) is 33.5 Å². The van der Waals surface area contributed by atoms with Gasteiger partial charge in [-0.25, -0.2) is 18.4 Å². The summed E-state index contributed by atoms with van der Waals surface area (Å²) in [5, 5.41) is 7.81. The second-order valence-corrected chi connectivity index (χ2v) is 12.8. The lowest BCUT2D eigenvalue weighted by atomic mass is 10.1. The summed E-state index contributed by atoms with van der Waals surface area (Å²) in [6.45, 7) is 9.11. The molecule has 1 aromatic carbocycles. The maximum absolute atomic E-state index is 13.8. The zero-order chi connectivity index (χ0) is 29.2. The molecule has 1 aliphatic rings. The third-order valence-electron chi connectivity index (χ3n) is 6.53. The van der Waals surface area contributed by atoms with Crippen LogP contribution in [0.25, 0.3) is 5.69 Å². The van der Waals surface area contributed by atoms with Crippen LogP contribution < -0.4 is 14.2 Å². The van der Waals surface area contributed by atoms with E-state index in [-0.39, 0.29) is 23.5 Å². The van der Waals surface area contributed by atoms with Crippen molar-refractivity contribution in [3.63, 3.8) is 0 Å². The number of sulfonamides is 1. The van der Waals surface area contributed by atoms with Gasteiger partial charge in [-0.3, -0.25) is 9.29 Å². The monoisotopic (exact) mass is 594 g/mol. The highest BCUT2D eigenvalue weighted by molar-refractivity contribution is 7.93. The highest BCUT2D eigenvalue weighted by atomic mass is 35.5. The largest absolute Gasteiger partial charge is 0.494 e. The van der Waals surface area contributed by atoms with Gasteiger partial charge < -0.3 is 18.9 Å². The summed E-state index contributed by atoms with van der Waals surface area (Å²) in [4.78, 5) is 8.42. The van der Waals surface area contributed by atoms with Crippen LogP contribution in [-0.2, 0) is 19.5 Å². The number of aromatic nitrogens is 5. The van der Waals surface area contributed by atoms with Crippen LogP contribution in [0.2, 0.25) is 5.02 Å². The SMILES string of the molecule is COc1cccc(OC)c1-n1c(NS(=O)(=O)[C@@H](C)[C@@H](OC(C)C)c2ncc(Cl)cn2)nnc1[C@H]1CCC(C)(C)O1. The van der Waals surface area contributed by atoms with Crippen molar-refractivity contribution in [3.05, 3.63) is 47.3 Å². The molecule has 2 aromatic heterocycles. The van der Waals surface area contributed by atoms with E-state index in [2.05, 4.69) is 24.9 Å². The smallest absolute Gasteiger partial charge is 0.243 e. The standard InChI is InChI=1S/C26H35ClN6O6S/c1-15(2)38-22(23-28-13-17(27)14-29-23)16(3)40(34,35)32-25-31-30-24(20-11-12-26(4,5)39-20)33(25)21-18(36-6)9-8-10-19(21)37-7/h8-10,13-16,20,22H,11-12H2,1-7H3,(H,31,32)/t16-,20+,22+/m0/s1. The minimum atomic E-state index is -4.15. The molecule has 0 spiro atoms. The van der Waals surface area contributed by atoms with Crippen LogP contribution in [0.1, 0.15) is 71.3 Å². The van der Waals surface area contributed by atoms with Gasteiger partial charge in [-0.2, -0.15) is 0 Å². The number of rotatable bonds is 11. The number of para-hydroxylation sites is 1. The normalized spacial score (nSPS) is 18.5. The van der Waals surface area contributed by atoms with Crippen molar-refractivity contribution in [1.82, 2.24) is 24.7 Å². The number of halogens is 1. The first-order chi connectivity index (χ1) is 18.9. The molecule has 12 nitrogen and oxygen atoms in total. The van der Waals surface area contributed by atoms with Gasteiger partial charge in [-0.15, -0.1) is 10.2 Å². The number of hydrogen-bond acceptors (Lipinski definition) is 10. The fraction of sp³-hybridized carbons (Fsp3) is 0.538. The van der Waals surface area contributed by atoms with Crippen molar-refractivity contribution in [2.24, 2.45) is 0 Å². The molecule has 1 aliphatic heterocycles. The Morgan fingerprint density at radius 1 is 1.10 bits per heavy atom. The predicted molar refractivity (Wildman–Crippen MR) is 150 cm³/mol. The van der Waals surface area contributed by atoms with E-state index in [0.29, 0.717) is 34.5 Å². The van der Waals surface area contributed by atoms with E-state index in [4.69, 9.17) is 30.5 Å². The molecule has 3 atom stereocenters. The fourth-order valence-electron chi connectivity index (χ4n) is 4.53. The maximum Gasteiger partial charge on any atom is 0.243 e. The molecule has 0 radical (unpaired) electrons. The summed E-state index contributed by atoms with van der Waals surface area (Å²) >= 11 is 5.95. The van der Waals surface area contributed by atoms with Crippen molar-refractivity contribution in [3.8, 4) is 17.2 Å². The molecule has 14 heteroatoms. The average Bonchev–Trinajstić information content (AvgIpc) is 3.48. The van der Waals surface area contributed by atoms with Gasteiger partial charge in [-0.1, -0.05) is 17.7 Å². The zero-order valence-corrected chi connectivity index (χ0v) is 25.2. The molecule has 0 saturated carbocycles. The van der Waals surface area contributed by atoms with Crippen molar-refractivity contribution >= 4 is 27.6 Å². The van der Waals surface area contributed by atoms with Crippen molar-refractivity contribution in [2.75, 3.05) is 18.9 Å². The first-order valence-corrected chi connectivity index (χ1v) is 14.8. The summed E-state index contributed by atoms with van der Waals surface area (Å²) in [5.74, 6) is 1.41. The topological polar surface area (TPSA) is 140 Å². The highest BCUT2D eigenvalue weighted by Gasteiger charge is 2.39. The Morgan fingerprint density at radius 3 is 2.25 bits per heavy atom. The molecule has 1 fully saturated rings. The quantitative estimate of drug-likeness (QED) is 0.333.